The average molecular weight is 301 g/mol. The number of hydrogen-bond donors (Lipinski definition) is 1. The molecule has 0 amide bonds. The Balaban J connectivity index is 2.47. The van der Waals surface area contributed by atoms with E-state index in [1.54, 1.807) is 16.0 Å². The highest BCUT2D eigenvalue weighted by Gasteiger charge is 2.17. The number of carboxylic acid groups (broad SMARTS) is 1. The zero-order valence-electron chi connectivity index (χ0n) is 8.48. The second-order valence-electron chi connectivity index (χ2n) is 3.28. The van der Waals surface area contributed by atoms with Crippen molar-refractivity contribution in [2.75, 3.05) is 0 Å². The second kappa shape index (κ2) is 4.39. The maximum Gasteiger partial charge on any atom is 0.309 e. The molecule has 2 aromatic heterocycles. The molecular weight excluding hydrogens is 292 g/mol. The Morgan fingerprint density at radius 1 is 1.69 bits per heavy atom. The molecule has 4 nitrogen and oxygen atoms in total. The number of halogens is 1. The topological polar surface area (TPSA) is 55.1 Å². The van der Waals surface area contributed by atoms with Gasteiger partial charge in [0.15, 0.2) is 0 Å². The number of carboxylic acids is 1. The highest BCUT2D eigenvalue weighted by atomic mass is 79.9. The van der Waals surface area contributed by atoms with Crippen molar-refractivity contribution in [1.29, 1.82) is 0 Å². The van der Waals surface area contributed by atoms with Crippen molar-refractivity contribution in [1.82, 2.24) is 9.78 Å². The Bertz CT molecular complexity index is 519. The Kier molecular flexibility index (Phi) is 3.11. The first-order valence-corrected chi connectivity index (χ1v) is 6.24. The summed E-state index contributed by atoms with van der Waals surface area (Å²) in [6.07, 6.45) is -0.0696. The van der Waals surface area contributed by atoms with Gasteiger partial charge in [0.2, 0.25) is 0 Å². The van der Waals surface area contributed by atoms with Gasteiger partial charge in [0.05, 0.1) is 27.2 Å². The van der Waals surface area contributed by atoms with E-state index in [4.69, 9.17) is 5.11 Å². The van der Waals surface area contributed by atoms with Gasteiger partial charge in [-0.2, -0.15) is 5.10 Å². The summed E-state index contributed by atoms with van der Waals surface area (Å²) in [7, 11) is 1.81. The lowest BCUT2D eigenvalue weighted by atomic mass is 10.2. The predicted molar refractivity (Wildman–Crippen MR) is 65.6 cm³/mol. The Labute approximate surface area is 105 Å². The third kappa shape index (κ3) is 2.03. The zero-order chi connectivity index (χ0) is 11.7. The molecular formula is C10H9BrN2O2S. The number of aromatic nitrogens is 2. The standard InChI is InChI=1S/C10H9BrN2O2S/c1-13-10(7-3-2-4-16-7)9(11)6(12-13)5-8(14)15/h2-4H,5H2,1H3,(H,14,15). The molecule has 2 rings (SSSR count). The van der Waals surface area contributed by atoms with Crippen LogP contribution in [0.4, 0.5) is 0 Å². The summed E-state index contributed by atoms with van der Waals surface area (Å²) in [6, 6.07) is 3.94. The minimum atomic E-state index is -0.878. The molecule has 0 aliphatic heterocycles. The number of rotatable bonds is 3. The third-order valence-electron chi connectivity index (χ3n) is 2.13. The van der Waals surface area contributed by atoms with Crippen LogP contribution in [-0.2, 0) is 18.3 Å². The number of hydrogen-bond acceptors (Lipinski definition) is 3. The van der Waals surface area contributed by atoms with Gasteiger partial charge in [-0.25, -0.2) is 0 Å². The van der Waals surface area contributed by atoms with E-state index in [-0.39, 0.29) is 6.42 Å². The zero-order valence-corrected chi connectivity index (χ0v) is 10.9. The van der Waals surface area contributed by atoms with Gasteiger partial charge in [-0.05, 0) is 27.4 Å². The Hall–Kier alpha value is -1.14. The maximum atomic E-state index is 10.7. The molecule has 0 atom stereocenters. The van der Waals surface area contributed by atoms with Gasteiger partial charge in [-0.3, -0.25) is 9.48 Å². The van der Waals surface area contributed by atoms with Gasteiger partial charge in [0, 0.05) is 7.05 Å². The molecule has 0 bridgehead atoms. The maximum absolute atomic E-state index is 10.7. The van der Waals surface area contributed by atoms with Crippen LogP contribution in [0.1, 0.15) is 5.69 Å². The molecule has 84 valence electrons. The van der Waals surface area contributed by atoms with Gasteiger partial charge in [-0.1, -0.05) is 6.07 Å². The van der Waals surface area contributed by atoms with Gasteiger partial charge in [0.25, 0.3) is 0 Å². The van der Waals surface area contributed by atoms with E-state index in [1.807, 2.05) is 24.6 Å². The van der Waals surface area contributed by atoms with Gasteiger partial charge < -0.3 is 5.11 Å². The van der Waals surface area contributed by atoms with Crippen molar-refractivity contribution in [3.63, 3.8) is 0 Å². The summed E-state index contributed by atoms with van der Waals surface area (Å²) >= 11 is 5.01. The highest BCUT2D eigenvalue weighted by molar-refractivity contribution is 9.10. The summed E-state index contributed by atoms with van der Waals surface area (Å²) in [4.78, 5) is 11.7. The lowest BCUT2D eigenvalue weighted by Gasteiger charge is -1.97. The van der Waals surface area contributed by atoms with Gasteiger partial charge >= 0.3 is 5.97 Å². The van der Waals surface area contributed by atoms with Crippen molar-refractivity contribution in [3.8, 4) is 10.6 Å². The summed E-state index contributed by atoms with van der Waals surface area (Å²) < 4.78 is 2.47. The largest absolute Gasteiger partial charge is 0.481 e. The van der Waals surface area contributed by atoms with E-state index in [9.17, 15) is 4.79 Å². The first-order chi connectivity index (χ1) is 7.59. The molecule has 6 heteroatoms. The van der Waals surface area contributed by atoms with Crippen LogP contribution in [0.2, 0.25) is 0 Å². The van der Waals surface area contributed by atoms with E-state index in [0.29, 0.717) is 5.69 Å². The van der Waals surface area contributed by atoms with Crippen molar-refractivity contribution in [3.05, 3.63) is 27.7 Å². The number of aliphatic carboxylic acids is 1. The van der Waals surface area contributed by atoms with Crippen LogP contribution in [0.25, 0.3) is 10.6 Å². The summed E-state index contributed by atoms with van der Waals surface area (Å²) in [5.74, 6) is -0.878. The smallest absolute Gasteiger partial charge is 0.309 e. The predicted octanol–water partition coefficient (Wildman–Crippen LogP) is 2.54. The van der Waals surface area contributed by atoms with Gasteiger partial charge in [-0.15, -0.1) is 11.3 Å². The van der Waals surface area contributed by atoms with Crippen LogP contribution in [-0.4, -0.2) is 20.9 Å². The van der Waals surface area contributed by atoms with Crippen LogP contribution in [0, 0.1) is 0 Å². The minimum Gasteiger partial charge on any atom is -0.481 e. The summed E-state index contributed by atoms with van der Waals surface area (Å²) in [6.45, 7) is 0. The molecule has 0 radical (unpaired) electrons. The van der Waals surface area contributed by atoms with Crippen LogP contribution in [0.3, 0.4) is 0 Å². The first-order valence-electron chi connectivity index (χ1n) is 4.56. The Morgan fingerprint density at radius 2 is 2.44 bits per heavy atom. The number of aryl methyl sites for hydroxylation is 1. The van der Waals surface area contributed by atoms with Crippen LogP contribution in [0.15, 0.2) is 22.0 Å². The molecule has 0 aliphatic rings. The lowest BCUT2D eigenvalue weighted by molar-refractivity contribution is -0.136. The highest BCUT2D eigenvalue weighted by Crippen LogP contribution is 2.33. The van der Waals surface area contributed by atoms with Crippen LogP contribution < -0.4 is 0 Å². The lowest BCUT2D eigenvalue weighted by Crippen LogP contribution is -2.01. The minimum absolute atomic E-state index is 0.0696. The first kappa shape index (κ1) is 11.3. The molecule has 0 unspecified atom stereocenters. The molecule has 0 aromatic carbocycles. The molecule has 0 aliphatic carbocycles. The molecule has 2 aromatic rings. The molecule has 1 N–H and O–H groups in total. The SMILES string of the molecule is Cn1nc(CC(=O)O)c(Br)c1-c1cccs1. The third-order valence-corrected chi connectivity index (χ3v) is 3.84. The monoisotopic (exact) mass is 300 g/mol. The fourth-order valence-electron chi connectivity index (χ4n) is 1.49. The van der Waals surface area contributed by atoms with E-state index >= 15 is 0 Å². The van der Waals surface area contributed by atoms with Crippen molar-refractivity contribution >= 4 is 33.2 Å². The molecule has 0 fully saturated rings. The summed E-state index contributed by atoms with van der Waals surface area (Å²) in [5.41, 5.74) is 1.48. The molecule has 0 saturated heterocycles. The van der Waals surface area contributed by atoms with Gasteiger partial charge in [0.1, 0.15) is 0 Å². The fourth-order valence-corrected chi connectivity index (χ4v) is 3.12. The molecule has 0 saturated carbocycles. The quantitative estimate of drug-likeness (QED) is 0.948. The van der Waals surface area contributed by atoms with E-state index in [1.165, 1.54) is 0 Å². The van der Waals surface area contributed by atoms with E-state index in [0.717, 1.165) is 15.0 Å². The second-order valence-corrected chi connectivity index (χ2v) is 5.02. The number of nitrogens with zero attached hydrogens (tertiary/aromatic N) is 2. The Morgan fingerprint density at radius 3 is 3.00 bits per heavy atom. The summed E-state index contributed by atoms with van der Waals surface area (Å²) in [5, 5.41) is 14.9. The van der Waals surface area contributed by atoms with Crippen molar-refractivity contribution in [2.45, 2.75) is 6.42 Å². The fraction of sp³-hybridized carbons (Fsp3) is 0.200. The van der Waals surface area contributed by atoms with E-state index < -0.39 is 5.97 Å². The van der Waals surface area contributed by atoms with Crippen LogP contribution in [0.5, 0.6) is 0 Å². The van der Waals surface area contributed by atoms with Crippen molar-refractivity contribution < 1.29 is 9.90 Å². The normalized spacial score (nSPS) is 10.6. The average Bonchev–Trinajstić information content (AvgIpc) is 2.76. The van der Waals surface area contributed by atoms with Crippen molar-refractivity contribution in [2.24, 2.45) is 7.05 Å². The number of carbonyl (C=O) groups is 1. The number of thiophene rings is 1. The van der Waals surface area contributed by atoms with Crippen LogP contribution >= 0.6 is 27.3 Å². The molecule has 16 heavy (non-hydrogen) atoms. The molecule has 2 heterocycles. The molecule has 0 spiro atoms. The van der Waals surface area contributed by atoms with E-state index in [2.05, 4.69) is 21.0 Å².